The molecule has 0 aliphatic carbocycles. The predicted molar refractivity (Wildman–Crippen MR) is 91.3 cm³/mol. The summed E-state index contributed by atoms with van der Waals surface area (Å²) in [6, 6.07) is 9.97. The average Bonchev–Trinajstić information content (AvgIpc) is 2.60. The Morgan fingerprint density at radius 3 is 2.22 bits per heavy atom. The van der Waals surface area contributed by atoms with Crippen LogP contribution >= 0.6 is 0 Å². The van der Waals surface area contributed by atoms with Crippen LogP contribution in [0, 0.1) is 0 Å². The van der Waals surface area contributed by atoms with Crippen molar-refractivity contribution in [2.45, 2.75) is 32.6 Å². The summed E-state index contributed by atoms with van der Waals surface area (Å²) in [6.07, 6.45) is 1.84. The van der Waals surface area contributed by atoms with Gasteiger partial charge in [-0.1, -0.05) is 43.7 Å². The molecule has 0 bridgehead atoms. The van der Waals surface area contributed by atoms with E-state index in [1.807, 2.05) is 42.2 Å². The summed E-state index contributed by atoms with van der Waals surface area (Å²) < 4.78 is 0. The Labute approximate surface area is 138 Å². The van der Waals surface area contributed by atoms with E-state index in [0.717, 1.165) is 18.4 Å². The van der Waals surface area contributed by atoms with Crippen LogP contribution in [0.15, 0.2) is 30.3 Å². The second kappa shape index (κ2) is 8.56. The number of urea groups is 1. The standard InChI is InChI=1S/C18H27N3O2/c1-3-8-16(15-9-6-5-7-10-15)17(22)20-11-13-21(14-12-20)18(23)19-4-2/h5-7,9-10,16H,3-4,8,11-14H2,1-2H3,(H,19,23). The summed E-state index contributed by atoms with van der Waals surface area (Å²) in [6.45, 7) is 7.08. The molecule has 126 valence electrons. The summed E-state index contributed by atoms with van der Waals surface area (Å²) in [7, 11) is 0. The molecule has 1 aromatic rings. The summed E-state index contributed by atoms with van der Waals surface area (Å²) >= 11 is 0. The van der Waals surface area contributed by atoms with Crippen LogP contribution in [0.5, 0.6) is 0 Å². The van der Waals surface area contributed by atoms with E-state index in [9.17, 15) is 9.59 Å². The molecule has 0 aromatic heterocycles. The Hall–Kier alpha value is -2.04. The minimum absolute atomic E-state index is 0.0345. The van der Waals surface area contributed by atoms with Gasteiger partial charge in [-0.15, -0.1) is 0 Å². The van der Waals surface area contributed by atoms with Crippen molar-refractivity contribution >= 4 is 11.9 Å². The monoisotopic (exact) mass is 317 g/mol. The minimum Gasteiger partial charge on any atom is -0.339 e. The van der Waals surface area contributed by atoms with E-state index in [0.29, 0.717) is 32.7 Å². The molecule has 0 radical (unpaired) electrons. The Kier molecular flexibility index (Phi) is 6.44. The second-order valence-electron chi connectivity index (χ2n) is 5.90. The van der Waals surface area contributed by atoms with Crippen molar-refractivity contribution < 1.29 is 9.59 Å². The number of hydrogen-bond acceptors (Lipinski definition) is 2. The van der Waals surface area contributed by atoms with Gasteiger partial charge in [-0.2, -0.15) is 0 Å². The maximum atomic E-state index is 12.9. The molecule has 2 rings (SSSR count). The van der Waals surface area contributed by atoms with Gasteiger partial charge in [0.15, 0.2) is 0 Å². The van der Waals surface area contributed by atoms with Crippen molar-refractivity contribution in [1.82, 2.24) is 15.1 Å². The van der Waals surface area contributed by atoms with Crippen LogP contribution in [0.4, 0.5) is 4.79 Å². The molecule has 3 amide bonds. The maximum absolute atomic E-state index is 12.9. The van der Waals surface area contributed by atoms with E-state index in [1.54, 1.807) is 4.90 Å². The van der Waals surface area contributed by atoms with Crippen LogP contribution in [0.25, 0.3) is 0 Å². The molecule has 1 aliphatic heterocycles. The number of nitrogens with one attached hydrogen (secondary N) is 1. The first-order chi connectivity index (χ1) is 11.2. The number of carbonyl (C=O) groups excluding carboxylic acids is 2. The van der Waals surface area contributed by atoms with Crippen molar-refractivity contribution in [2.24, 2.45) is 0 Å². The molecule has 0 spiro atoms. The average molecular weight is 317 g/mol. The summed E-state index contributed by atoms with van der Waals surface area (Å²) in [5.41, 5.74) is 1.09. The largest absolute Gasteiger partial charge is 0.339 e. The number of hydrogen-bond donors (Lipinski definition) is 1. The fourth-order valence-electron chi connectivity index (χ4n) is 3.02. The molecule has 1 heterocycles. The Balaban J connectivity index is 1.98. The van der Waals surface area contributed by atoms with E-state index >= 15 is 0 Å². The molecule has 5 heteroatoms. The van der Waals surface area contributed by atoms with Crippen molar-refractivity contribution in [1.29, 1.82) is 0 Å². The van der Waals surface area contributed by atoms with Gasteiger partial charge in [-0.3, -0.25) is 4.79 Å². The van der Waals surface area contributed by atoms with Crippen molar-refractivity contribution in [3.05, 3.63) is 35.9 Å². The lowest BCUT2D eigenvalue weighted by Crippen LogP contribution is -2.53. The third kappa shape index (κ3) is 4.47. The molecule has 1 unspecified atom stereocenters. The van der Waals surface area contributed by atoms with Gasteiger partial charge < -0.3 is 15.1 Å². The lowest BCUT2D eigenvalue weighted by Gasteiger charge is -2.36. The van der Waals surface area contributed by atoms with Gasteiger partial charge in [-0.25, -0.2) is 4.79 Å². The van der Waals surface area contributed by atoms with E-state index in [1.165, 1.54) is 0 Å². The van der Waals surface area contributed by atoms with E-state index in [2.05, 4.69) is 12.2 Å². The number of benzene rings is 1. The van der Waals surface area contributed by atoms with Crippen molar-refractivity contribution in [3.63, 3.8) is 0 Å². The summed E-state index contributed by atoms with van der Waals surface area (Å²) in [5.74, 6) is 0.116. The molecule has 0 saturated carbocycles. The van der Waals surface area contributed by atoms with Crippen LogP contribution in [-0.4, -0.2) is 54.5 Å². The lowest BCUT2D eigenvalue weighted by atomic mass is 9.93. The quantitative estimate of drug-likeness (QED) is 0.907. The van der Waals surface area contributed by atoms with E-state index < -0.39 is 0 Å². The highest BCUT2D eigenvalue weighted by atomic mass is 16.2. The zero-order valence-corrected chi connectivity index (χ0v) is 14.1. The summed E-state index contributed by atoms with van der Waals surface area (Å²) in [4.78, 5) is 28.4. The number of rotatable bonds is 5. The number of nitrogens with zero attached hydrogens (tertiary/aromatic N) is 2. The molecule has 1 fully saturated rings. The maximum Gasteiger partial charge on any atom is 0.317 e. The molecule has 5 nitrogen and oxygen atoms in total. The first-order valence-corrected chi connectivity index (χ1v) is 8.53. The SMILES string of the molecule is CCCC(C(=O)N1CCN(C(=O)NCC)CC1)c1ccccc1. The van der Waals surface area contributed by atoms with Crippen LogP contribution in [0.3, 0.4) is 0 Å². The highest BCUT2D eigenvalue weighted by Crippen LogP contribution is 2.24. The molecular weight excluding hydrogens is 290 g/mol. The topological polar surface area (TPSA) is 52.7 Å². The normalized spacial score (nSPS) is 16.1. The third-order valence-corrected chi connectivity index (χ3v) is 4.28. The van der Waals surface area contributed by atoms with E-state index in [4.69, 9.17) is 0 Å². The van der Waals surface area contributed by atoms with E-state index in [-0.39, 0.29) is 17.9 Å². The van der Waals surface area contributed by atoms with Gasteiger partial charge in [0.1, 0.15) is 0 Å². The highest BCUT2D eigenvalue weighted by Gasteiger charge is 2.29. The molecule has 1 aliphatic rings. The lowest BCUT2D eigenvalue weighted by molar-refractivity contribution is -0.134. The number of carbonyl (C=O) groups is 2. The summed E-state index contributed by atoms with van der Waals surface area (Å²) in [5, 5.41) is 2.81. The van der Waals surface area contributed by atoms with Crippen LogP contribution in [0.2, 0.25) is 0 Å². The molecule has 23 heavy (non-hydrogen) atoms. The Morgan fingerprint density at radius 1 is 1.04 bits per heavy atom. The number of amides is 3. The fourth-order valence-corrected chi connectivity index (χ4v) is 3.02. The van der Waals surface area contributed by atoms with Gasteiger partial charge >= 0.3 is 6.03 Å². The van der Waals surface area contributed by atoms with Gasteiger partial charge in [0, 0.05) is 32.7 Å². The first-order valence-electron chi connectivity index (χ1n) is 8.53. The van der Waals surface area contributed by atoms with Crippen LogP contribution < -0.4 is 5.32 Å². The third-order valence-electron chi connectivity index (χ3n) is 4.28. The predicted octanol–water partition coefficient (Wildman–Crippen LogP) is 2.44. The first kappa shape index (κ1) is 17.3. The fraction of sp³-hybridized carbons (Fsp3) is 0.556. The zero-order chi connectivity index (χ0) is 16.7. The van der Waals surface area contributed by atoms with Gasteiger partial charge in [0.05, 0.1) is 5.92 Å². The Morgan fingerprint density at radius 2 is 1.65 bits per heavy atom. The zero-order valence-electron chi connectivity index (χ0n) is 14.1. The van der Waals surface area contributed by atoms with Gasteiger partial charge in [0.2, 0.25) is 5.91 Å². The molecule has 1 saturated heterocycles. The van der Waals surface area contributed by atoms with Crippen molar-refractivity contribution in [2.75, 3.05) is 32.7 Å². The molecule has 1 N–H and O–H groups in total. The van der Waals surface area contributed by atoms with Crippen LogP contribution in [0.1, 0.15) is 38.2 Å². The smallest absolute Gasteiger partial charge is 0.317 e. The number of piperazine rings is 1. The molecule has 1 aromatic carbocycles. The molecular formula is C18H27N3O2. The second-order valence-corrected chi connectivity index (χ2v) is 5.90. The molecule has 1 atom stereocenters. The van der Waals surface area contributed by atoms with Crippen molar-refractivity contribution in [3.8, 4) is 0 Å². The minimum atomic E-state index is -0.0720. The van der Waals surface area contributed by atoms with Crippen LogP contribution in [-0.2, 0) is 4.79 Å². The highest BCUT2D eigenvalue weighted by molar-refractivity contribution is 5.84. The van der Waals surface area contributed by atoms with Gasteiger partial charge in [0.25, 0.3) is 0 Å². The Bertz CT molecular complexity index is 510. The van der Waals surface area contributed by atoms with Gasteiger partial charge in [-0.05, 0) is 18.9 Å².